The molecule has 1 fully saturated rings. The maximum atomic E-state index is 12.8. The highest BCUT2D eigenvalue weighted by Gasteiger charge is 2.34. The zero-order valence-electron chi connectivity index (χ0n) is 25.9. The van der Waals surface area contributed by atoms with Crippen molar-refractivity contribution in [2.75, 3.05) is 26.3 Å². The van der Waals surface area contributed by atoms with E-state index in [-0.39, 0.29) is 23.3 Å². The van der Waals surface area contributed by atoms with Crippen LogP contribution >= 0.6 is 12.2 Å². The minimum atomic E-state index is -0.820. The third-order valence-corrected chi connectivity index (χ3v) is 7.90. The first-order valence-electron chi connectivity index (χ1n) is 16.2. The van der Waals surface area contributed by atoms with Gasteiger partial charge in [-0.25, -0.2) is 0 Å². The van der Waals surface area contributed by atoms with Crippen molar-refractivity contribution in [2.24, 2.45) is 0 Å². The van der Waals surface area contributed by atoms with Crippen LogP contribution in [0.4, 0.5) is 0 Å². The summed E-state index contributed by atoms with van der Waals surface area (Å²) in [6.45, 7) is 6.20. The third kappa shape index (κ3) is 14.5. The highest BCUT2D eigenvalue weighted by Crippen LogP contribution is 2.15. The summed E-state index contributed by atoms with van der Waals surface area (Å²) in [5, 5.41) is 5.62. The Morgan fingerprint density at radius 2 is 1.40 bits per heavy atom. The SMILES string of the molecule is CCCCCCCCCCCCOC(=O)CC1C(=O)NCCN1C(=S)NC(=O)c1ccc(OCCCCCCC)cc1. The highest BCUT2D eigenvalue weighted by molar-refractivity contribution is 7.80. The number of hydrogen-bond donors (Lipinski definition) is 2. The molecular formula is C33H53N3O5S. The molecule has 1 heterocycles. The Labute approximate surface area is 258 Å². The molecule has 9 heteroatoms. The first-order valence-corrected chi connectivity index (χ1v) is 16.6. The minimum absolute atomic E-state index is 0.120. The maximum Gasteiger partial charge on any atom is 0.308 e. The van der Waals surface area contributed by atoms with Crippen LogP contribution in [-0.2, 0) is 14.3 Å². The van der Waals surface area contributed by atoms with Crippen LogP contribution in [-0.4, -0.2) is 60.1 Å². The smallest absolute Gasteiger partial charge is 0.308 e. The molecule has 1 aliphatic rings. The molecule has 0 saturated carbocycles. The molecule has 2 amide bonds. The summed E-state index contributed by atoms with van der Waals surface area (Å²) < 4.78 is 11.2. The van der Waals surface area contributed by atoms with Gasteiger partial charge in [-0.1, -0.05) is 97.3 Å². The molecule has 1 aliphatic heterocycles. The van der Waals surface area contributed by atoms with E-state index < -0.39 is 12.0 Å². The first kappa shape index (κ1) is 35.5. The topological polar surface area (TPSA) is 97.0 Å². The molecule has 0 aromatic heterocycles. The molecule has 0 radical (unpaired) electrons. The van der Waals surface area contributed by atoms with Gasteiger partial charge in [0, 0.05) is 18.7 Å². The molecule has 42 heavy (non-hydrogen) atoms. The number of benzene rings is 1. The second-order valence-corrected chi connectivity index (χ2v) is 11.5. The maximum absolute atomic E-state index is 12.8. The van der Waals surface area contributed by atoms with Crippen molar-refractivity contribution in [3.8, 4) is 5.75 Å². The van der Waals surface area contributed by atoms with Crippen LogP contribution in [0, 0.1) is 0 Å². The lowest BCUT2D eigenvalue weighted by atomic mass is 10.1. The van der Waals surface area contributed by atoms with Gasteiger partial charge in [0.2, 0.25) is 5.91 Å². The molecule has 1 atom stereocenters. The molecular weight excluding hydrogens is 550 g/mol. The largest absolute Gasteiger partial charge is 0.494 e. The molecule has 236 valence electrons. The molecule has 1 saturated heterocycles. The quantitative estimate of drug-likeness (QED) is 0.0916. The van der Waals surface area contributed by atoms with Crippen molar-refractivity contribution >= 4 is 35.1 Å². The fourth-order valence-electron chi connectivity index (χ4n) is 4.99. The Hall–Kier alpha value is -2.68. The first-order chi connectivity index (χ1) is 20.5. The van der Waals surface area contributed by atoms with Gasteiger partial charge in [-0.05, 0) is 49.3 Å². The molecule has 0 spiro atoms. The minimum Gasteiger partial charge on any atom is -0.494 e. The second-order valence-electron chi connectivity index (χ2n) is 11.2. The number of rotatable bonds is 21. The monoisotopic (exact) mass is 603 g/mol. The van der Waals surface area contributed by atoms with Gasteiger partial charge in [0.15, 0.2) is 5.11 Å². The van der Waals surface area contributed by atoms with Gasteiger partial charge in [0.1, 0.15) is 11.8 Å². The van der Waals surface area contributed by atoms with Crippen LogP contribution in [0.2, 0.25) is 0 Å². The molecule has 1 unspecified atom stereocenters. The van der Waals surface area contributed by atoms with Crippen LogP contribution < -0.4 is 15.4 Å². The van der Waals surface area contributed by atoms with E-state index in [0.717, 1.165) is 32.1 Å². The fraction of sp³-hybridized carbons (Fsp3) is 0.697. The number of esters is 1. The van der Waals surface area contributed by atoms with Crippen LogP contribution in [0.3, 0.4) is 0 Å². The van der Waals surface area contributed by atoms with Crippen molar-refractivity contribution in [1.29, 1.82) is 0 Å². The zero-order valence-corrected chi connectivity index (χ0v) is 26.7. The van der Waals surface area contributed by atoms with Crippen molar-refractivity contribution in [1.82, 2.24) is 15.5 Å². The predicted octanol–water partition coefficient (Wildman–Crippen LogP) is 6.71. The third-order valence-electron chi connectivity index (χ3n) is 7.57. The van der Waals surface area contributed by atoms with Crippen LogP contribution in [0.25, 0.3) is 0 Å². The van der Waals surface area contributed by atoms with Crippen molar-refractivity contribution < 1.29 is 23.9 Å². The fourth-order valence-corrected chi connectivity index (χ4v) is 5.30. The van der Waals surface area contributed by atoms with E-state index in [9.17, 15) is 14.4 Å². The molecule has 1 aromatic rings. The summed E-state index contributed by atoms with van der Waals surface area (Å²) in [4.78, 5) is 39.6. The summed E-state index contributed by atoms with van der Waals surface area (Å²) in [7, 11) is 0. The molecule has 0 aliphatic carbocycles. The normalized spacial score (nSPS) is 14.8. The zero-order chi connectivity index (χ0) is 30.4. The Bertz CT molecular complexity index is 940. The van der Waals surface area contributed by atoms with Gasteiger partial charge in [-0.15, -0.1) is 0 Å². The van der Waals surface area contributed by atoms with Crippen molar-refractivity contribution in [3.05, 3.63) is 29.8 Å². The standard InChI is InChI=1S/C33H53N3O5S/c1-3-5-7-9-10-11-12-13-15-17-25-41-30(37)26-29-32(39)34-22-23-36(29)33(42)35-31(38)27-18-20-28(21-19-27)40-24-16-14-8-6-4-2/h18-21,29H,3-17,22-26H2,1-2H3,(H,34,39)(H,35,38,42). The summed E-state index contributed by atoms with van der Waals surface area (Å²) in [5.74, 6) is -0.397. The average Bonchev–Trinajstić information content (AvgIpc) is 2.99. The van der Waals surface area contributed by atoms with E-state index in [0.29, 0.717) is 37.6 Å². The second kappa shape index (κ2) is 21.9. The van der Waals surface area contributed by atoms with Crippen LogP contribution in [0.1, 0.15) is 127 Å². The summed E-state index contributed by atoms with van der Waals surface area (Å²) in [5.41, 5.74) is 0.432. The number of unbranched alkanes of at least 4 members (excludes halogenated alkanes) is 13. The predicted molar refractivity (Wildman–Crippen MR) is 172 cm³/mol. The summed E-state index contributed by atoms with van der Waals surface area (Å²) in [6, 6.07) is 6.10. The lowest BCUT2D eigenvalue weighted by molar-refractivity contribution is -0.147. The number of hydrogen-bond acceptors (Lipinski definition) is 6. The molecule has 1 aromatic carbocycles. The summed E-state index contributed by atoms with van der Waals surface area (Å²) >= 11 is 5.48. The number of amides is 2. The van der Waals surface area contributed by atoms with E-state index in [1.54, 1.807) is 29.2 Å². The Balaban J connectivity index is 1.71. The number of carbonyl (C=O) groups excluding carboxylic acids is 3. The lowest BCUT2D eigenvalue weighted by Gasteiger charge is -2.36. The van der Waals surface area contributed by atoms with Crippen LogP contribution in [0.15, 0.2) is 24.3 Å². The molecule has 8 nitrogen and oxygen atoms in total. The Kier molecular flexibility index (Phi) is 18.6. The molecule has 0 bridgehead atoms. The lowest BCUT2D eigenvalue weighted by Crippen LogP contribution is -2.60. The van der Waals surface area contributed by atoms with Gasteiger partial charge in [-0.3, -0.25) is 19.7 Å². The number of piperazine rings is 1. The van der Waals surface area contributed by atoms with Gasteiger partial charge >= 0.3 is 5.97 Å². The number of thiocarbonyl (C=S) groups is 1. The van der Waals surface area contributed by atoms with E-state index in [2.05, 4.69) is 24.5 Å². The number of nitrogens with one attached hydrogen (secondary N) is 2. The van der Waals surface area contributed by atoms with Gasteiger partial charge in [0.25, 0.3) is 5.91 Å². The van der Waals surface area contributed by atoms with Gasteiger partial charge in [0.05, 0.1) is 19.6 Å². The van der Waals surface area contributed by atoms with E-state index in [1.807, 2.05) is 0 Å². The summed E-state index contributed by atoms with van der Waals surface area (Å²) in [6.07, 6.45) is 17.8. The van der Waals surface area contributed by atoms with E-state index >= 15 is 0 Å². The molecule has 2 rings (SSSR count). The van der Waals surface area contributed by atoms with Crippen LogP contribution in [0.5, 0.6) is 5.75 Å². The Morgan fingerprint density at radius 1 is 0.857 bits per heavy atom. The highest BCUT2D eigenvalue weighted by atomic mass is 32.1. The average molecular weight is 604 g/mol. The van der Waals surface area contributed by atoms with Gasteiger partial charge in [-0.2, -0.15) is 0 Å². The number of ether oxygens (including phenoxy) is 2. The number of carbonyl (C=O) groups is 3. The van der Waals surface area contributed by atoms with Gasteiger partial charge < -0.3 is 19.7 Å². The molecule has 2 N–H and O–H groups in total. The van der Waals surface area contributed by atoms with Crippen molar-refractivity contribution in [2.45, 2.75) is 123 Å². The Morgan fingerprint density at radius 3 is 2.00 bits per heavy atom. The van der Waals surface area contributed by atoms with E-state index in [1.165, 1.54) is 64.2 Å². The number of nitrogens with zero attached hydrogens (tertiary/aromatic N) is 1. The van der Waals surface area contributed by atoms with E-state index in [4.69, 9.17) is 21.7 Å². The van der Waals surface area contributed by atoms with Crippen molar-refractivity contribution in [3.63, 3.8) is 0 Å².